The maximum atomic E-state index is 12.2. The first-order valence-electron chi connectivity index (χ1n) is 7.68. The van der Waals surface area contributed by atoms with Crippen LogP contribution in [0.5, 0.6) is 0 Å². The molecule has 0 aromatic carbocycles. The van der Waals surface area contributed by atoms with E-state index >= 15 is 0 Å². The van der Waals surface area contributed by atoms with Crippen molar-refractivity contribution in [2.45, 2.75) is 45.3 Å². The van der Waals surface area contributed by atoms with E-state index in [1.54, 1.807) is 4.90 Å². The third-order valence-electron chi connectivity index (χ3n) is 4.06. The summed E-state index contributed by atoms with van der Waals surface area (Å²) < 4.78 is 5.28. The number of carbonyl (C=O) groups is 2. The molecule has 1 aliphatic heterocycles. The maximum Gasteiger partial charge on any atom is 0.229 e. The first-order chi connectivity index (χ1) is 10.7. The summed E-state index contributed by atoms with van der Waals surface area (Å²) in [6, 6.07) is 0.302. The number of nitrogens with zero attached hydrogens (tertiary/aromatic N) is 3. The van der Waals surface area contributed by atoms with E-state index in [1.165, 1.54) is 17.8 Å². The van der Waals surface area contributed by atoms with Gasteiger partial charge < -0.3 is 10.1 Å². The summed E-state index contributed by atoms with van der Waals surface area (Å²) in [5, 5.41) is 12.4. The lowest BCUT2D eigenvalue weighted by molar-refractivity contribution is -0.127. The van der Waals surface area contributed by atoms with Gasteiger partial charge >= 0.3 is 0 Å². The van der Waals surface area contributed by atoms with Gasteiger partial charge in [0.1, 0.15) is 11.6 Å². The Morgan fingerprint density at radius 3 is 2.95 bits per heavy atom. The van der Waals surface area contributed by atoms with Crippen LogP contribution in [0.4, 0.5) is 5.13 Å². The van der Waals surface area contributed by atoms with Crippen LogP contribution in [0, 0.1) is 5.92 Å². The van der Waals surface area contributed by atoms with Crippen molar-refractivity contribution in [2.24, 2.45) is 5.92 Å². The molecule has 1 aromatic heterocycles. The van der Waals surface area contributed by atoms with Crippen LogP contribution in [0.2, 0.25) is 0 Å². The smallest absolute Gasteiger partial charge is 0.229 e. The molecule has 8 heteroatoms. The van der Waals surface area contributed by atoms with E-state index in [0.717, 1.165) is 17.8 Å². The monoisotopic (exact) mass is 324 g/mol. The predicted octanol–water partition coefficient (Wildman–Crippen LogP) is 1.10. The van der Waals surface area contributed by atoms with Crippen LogP contribution in [0.1, 0.15) is 37.6 Å². The number of hydrogen-bond acceptors (Lipinski definition) is 6. The number of rotatable bonds is 6. The summed E-state index contributed by atoms with van der Waals surface area (Å²) in [5.41, 5.74) is 0. The Kier molecular flexibility index (Phi) is 4.68. The molecule has 120 valence electrons. The minimum Gasteiger partial charge on any atom is -0.374 e. The van der Waals surface area contributed by atoms with Gasteiger partial charge in [-0.25, -0.2) is 0 Å². The highest BCUT2D eigenvalue weighted by Crippen LogP contribution is 2.29. The Hall–Kier alpha value is -1.54. The van der Waals surface area contributed by atoms with Crippen LogP contribution in [0.3, 0.4) is 0 Å². The third-order valence-corrected chi connectivity index (χ3v) is 4.98. The molecule has 0 spiro atoms. The Morgan fingerprint density at radius 1 is 1.45 bits per heavy atom. The molecular formula is C14H20N4O3S. The molecule has 1 N–H and O–H groups in total. The van der Waals surface area contributed by atoms with Crippen molar-refractivity contribution >= 4 is 28.3 Å². The topological polar surface area (TPSA) is 84.4 Å². The van der Waals surface area contributed by atoms with Crippen molar-refractivity contribution in [3.8, 4) is 0 Å². The number of anilines is 1. The zero-order chi connectivity index (χ0) is 15.5. The van der Waals surface area contributed by atoms with Crippen LogP contribution < -0.4 is 10.2 Å². The highest BCUT2D eigenvalue weighted by atomic mass is 32.1. The average Bonchev–Trinajstić information content (AvgIpc) is 3.06. The van der Waals surface area contributed by atoms with Gasteiger partial charge in [0.15, 0.2) is 0 Å². The summed E-state index contributed by atoms with van der Waals surface area (Å²) in [4.78, 5) is 25.9. The standard InChI is InChI=1S/C14H20N4O3S/c1-2-21-8-11-16-17-14(22-11)18-7-9(6-12(18)19)13(20)15-10-4-3-5-10/h9-10H,2-8H2,1H3,(H,15,20). The van der Waals surface area contributed by atoms with Crippen molar-refractivity contribution in [1.82, 2.24) is 15.5 Å². The van der Waals surface area contributed by atoms with Crippen molar-refractivity contribution < 1.29 is 14.3 Å². The molecule has 1 unspecified atom stereocenters. The first-order valence-corrected chi connectivity index (χ1v) is 8.50. The van der Waals surface area contributed by atoms with E-state index in [2.05, 4.69) is 15.5 Å². The molecule has 2 aliphatic rings. The fourth-order valence-electron chi connectivity index (χ4n) is 2.54. The van der Waals surface area contributed by atoms with Crippen LogP contribution in [-0.4, -0.2) is 41.2 Å². The van der Waals surface area contributed by atoms with E-state index in [9.17, 15) is 9.59 Å². The molecule has 0 radical (unpaired) electrons. The van der Waals surface area contributed by atoms with Crippen molar-refractivity contribution in [3.05, 3.63) is 5.01 Å². The van der Waals surface area contributed by atoms with Crippen LogP contribution in [0.15, 0.2) is 0 Å². The summed E-state index contributed by atoms with van der Waals surface area (Å²) in [6.07, 6.45) is 3.52. The van der Waals surface area contributed by atoms with Crippen molar-refractivity contribution in [1.29, 1.82) is 0 Å². The fraction of sp³-hybridized carbons (Fsp3) is 0.714. The summed E-state index contributed by atoms with van der Waals surface area (Å²) in [7, 11) is 0. The van der Waals surface area contributed by atoms with Gasteiger partial charge in [0.05, 0.1) is 5.92 Å². The molecule has 22 heavy (non-hydrogen) atoms. The molecule has 1 atom stereocenters. The van der Waals surface area contributed by atoms with E-state index in [0.29, 0.717) is 30.9 Å². The quantitative estimate of drug-likeness (QED) is 0.847. The molecule has 1 saturated heterocycles. The third kappa shape index (κ3) is 3.27. The highest BCUT2D eigenvalue weighted by Gasteiger charge is 2.37. The largest absolute Gasteiger partial charge is 0.374 e. The summed E-state index contributed by atoms with van der Waals surface area (Å²) >= 11 is 1.34. The van der Waals surface area contributed by atoms with Gasteiger partial charge in [0.25, 0.3) is 0 Å². The minimum absolute atomic E-state index is 0.0143. The SMILES string of the molecule is CCOCc1nnc(N2CC(C(=O)NC3CCC3)CC2=O)s1. The second kappa shape index (κ2) is 6.70. The Labute approximate surface area is 133 Å². The van der Waals surface area contributed by atoms with Gasteiger partial charge in [-0.1, -0.05) is 11.3 Å². The molecule has 1 saturated carbocycles. The molecule has 1 aliphatic carbocycles. The number of ether oxygens (including phenoxy) is 1. The van der Waals surface area contributed by atoms with Crippen molar-refractivity contribution in [3.63, 3.8) is 0 Å². The molecule has 2 amide bonds. The number of amides is 2. The average molecular weight is 324 g/mol. The number of carbonyl (C=O) groups excluding carboxylic acids is 2. The number of hydrogen-bond donors (Lipinski definition) is 1. The van der Waals surface area contributed by atoms with Gasteiger partial charge in [-0.2, -0.15) is 0 Å². The Balaban J connectivity index is 1.59. The minimum atomic E-state index is -0.285. The molecular weight excluding hydrogens is 304 g/mol. The van der Waals surface area contributed by atoms with Gasteiger partial charge in [0.2, 0.25) is 16.9 Å². The lowest BCUT2D eigenvalue weighted by atomic mass is 9.92. The lowest BCUT2D eigenvalue weighted by Gasteiger charge is -2.27. The maximum absolute atomic E-state index is 12.2. The van der Waals surface area contributed by atoms with Gasteiger partial charge in [-0.15, -0.1) is 10.2 Å². The second-order valence-electron chi connectivity index (χ2n) is 5.66. The van der Waals surface area contributed by atoms with Crippen LogP contribution >= 0.6 is 11.3 Å². The first kappa shape index (κ1) is 15.4. The fourth-order valence-corrected chi connectivity index (χ4v) is 3.34. The number of nitrogens with one attached hydrogen (secondary N) is 1. The van der Waals surface area contributed by atoms with E-state index < -0.39 is 0 Å². The molecule has 2 fully saturated rings. The Morgan fingerprint density at radius 2 is 2.27 bits per heavy atom. The van der Waals surface area contributed by atoms with Crippen molar-refractivity contribution in [2.75, 3.05) is 18.1 Å². The van der Waals surface area contributed by atoms with E-state index in [4.69, 9.17) is 4.74 Å². The van der Waals surface area contributed by atoms with Gasteiger partial charge in [-0.05, 0) is 26.2 Å². The summed E-state index contributed by atoms with van der Waals surface area (Å²) in [5.74, 6) is -0.361. The number of aromatic nitrogens is 2. The molecule has 0 bridgehead atoms. The van der Waals surface area contributed by atoms with Gasteiger partial charge in [-0.3, -0.25) is 14.5 Å². The summed E-state index contributed by atoms with van der Waals surface area (Å²) in [6.45, 7) is 3.32. The van der Waals surface area contributed by atoms with Crippen LogP contribution in [0.25, 0.3) is 0 Å². The lowest BCUT2D eigenvalue weighted by Crippen LogP contribution is -2.43. The second-order valence-corrected chi connectivity index (χ2v) is 6.70. The van der Waals surface area contributed by atoms with E-state index in [-0.39, 0.29) is 24.2 Å². The van der Waals surface area contributed by atoms with Crippen LogP contribution in [-0.2, 0) is 20.9 Å². The van der Waals surface area contributed by atoms with E-state index in [1.807, 2.05) is 6.92 Å². The highest BCUT2D eigenvalue weighted by molar-refractivity contribution is 7.15. The van der Waals surface area contributed by atoms with Gasteiger partial charge in [0, 0.05) is 25.6 Å². The molecule has 2 heterocycles. The predicted molar refractivity (Wildman–Crippen MR) is 81.5 cm³/mol. The molecule has 7 nitrogen and oxygen atoms in total. The zero-order valence-corrected chi connectivity index (χ0v) is 13.4. The zero-order valence-electron chi connectivity index (χ0n) is 12.6. The molecule has 3 rings (SSSR count). The Bertz CT molecular complexity index is 558. The molecule has 1 aromatic rings. The normalized spacial score (nSPS) is 22.0.